The van der Waals surface area contributed by atoms with Crippen molar-refractivity contribution in [1.82, 2.24) is 4.31 Å². The van der Waals surface area contributed by atoms with Gasteiger partial charge < -0.3 is 9.47 Å². The zero-order valence-electron chi connectivity index (χ0n) is 20.0. The second-order valence-corrected chi connectivity index (χ2v) is 10.8. The van der Waals surface area contributed by atoms with Gasteiger partial charge in [0.15, 0.2) is 0 Å². The minimum absolute atomic E-state index is 0.0198. The third kappa shape index (κ3) is 6.68. The molecule has 0 N–H and O–H groups in total. The number of hydrogen-bond acceptors (Lipinski definition) is 5. The maximum atomic E-state index is 13.9. The summed E-state index contributed by atoms with van der Waals surface area (Å²) in [5, 5.41) is 0. The zero-order chi connectivity index (χ0) is 24.8. The van der Waals surface area contributed by atoms with E-state index in [2.05, 4.69) is 0 Å². The molecule has 180 valence electrons. The standard InChI is InChI=1S/C27H31NO5S/c1-27(2,3)33-26(29)25(19-21-11-7-5-8-12-21)28(20-22-13-9-6-10-14-22)34(30,31)24-17-15-23(32-4)16-18-24/h5-18,25H,19-20H2,1-4H3/t25-/m1/s1. The number of hydrogen-bond donors (Lipinski definition) is 0. The first kappa shape index (κ1) is 25.5. The number of rotatable bonds is 9. The van der Waals surface area contributed by atoms with Crippen molar-refractivity contribution in [2.24, 2.45) is 0 Å². The van der Waals surface area contributed by atoms with E-state index in [1.165, 1.54) is 23.5 Å². The molecule has 3 aromatic rings. The van der Waals surface area contributed by atoms with Crippen molar-refractivity contribution in [2.45, 2.75) is 50.3 Å². The number of benzene rings is 3. The highest BCUT2D eigenvalue weighted by molar-refractivity contribution is 7.89. The largest absolute Gasteiger partial charge is 0.497 e. The topological polar surface area (TPSA) is 72.9 Å². The molecule has 0 aromatic heterocycles. The van der Waals surface area contributed by atoms with E-state index >= 15 is 0 Å². The quantitative estimate of drug-likeness (QED) is 0.409. The molecular weight excluding hydrogens is 450 g/mol. The van der Waals surface area contributed by atoms with Gasteiger partial charge in [0.05, 0.1) is 12.0 Å². The van der Waals surface area contributed by atoms with Gasteiger partial charge in [-0.1, -0.05) is 60.7 Å². The average molecular weight is 482 g/mol. The van der Waals surface area contributed by atoms with Crippen LogP contribution in [-0.4, -0.2) is 37.4 Å². The van der Waals surface area contributed by atoms with Gasteiger partial charge in [-0.2, -0.15) is 4.31 Å². The van der Waals surface area contributed by atoms with Gasteiger partial charge in [0, 0.05) is 6.54 Å². The van der Waals surface area contributed by atoms with Crippen molar-refractivity contribution in [3.8, 4) is 5.75 Å². The van der Waals surface area contributed by atoms with E-state index in [9.17, 15) is 13.2 Å². The van der Waals surface area contributed by atoms with Crippen LogP contribution in [0.2, 0.25) is 0 Å². The molecule has 3 rings (SSSR count). The number of sulfonamides is 1. The predicted octanol–water partition coefficient (Wildman–Crippen LogP) is 4.84. The number of ether oxygens (including phenoxy) is 2. The van der Waals surface area contributed by atoms with Crippen LogP contribution in [0.1, 0.15) is 31.9 Å². The van der Waals surface area contributed by atoms with E-state index in [4.69, 9.17) is 9.47 Å². The summed E-state index contributed by atoms with van der Waals surface area (Å²) in [6, 6.07) is 23.7. The van der Waals surface area contributed by atoms with Crippen LogP contribution in [0, 0.1) is 0 Å². The van der Waals surface area contributed by atoms with Crippen LogP contribution in [-0.2, 0) is 32.5 Å². The Morgan fingerprint density at radius 3 is 1.88 bits per heavy atom. The SMILES string of the molecule is COc1ccc(S(=O)(=O)N(Cc2ccccc2)[C@H](Cc2ccccc2)C(=O)OC(C)(C)C)cc1. The molecule has 7 heteroatoms. The Balaban J connectivity index is 2.10. The number of esters is 1. The summed E-state index contributed by atoms with van der Waals surface area (Å²) in [6.07, 6.45) is 0.179. The fourth-order valence-corrected chi connectivity index (χ4v) is 5.08. The Bertz CT molecular complexity index is 1170. The Kier molecular flexibility index (Phi) is 8.12. The number of nitrogens with zero attached hydrogens (tertiary/aromatic N) is 1. The van der Waals surface area contributed by atoms with Gasteiger partial charge in [-0.3, -0.25) is 4.79 Å². The Labute approximate surface area is 202 Å². The first-order valence-corrected chi connectivity index (χ1v) is 12.5. The van der Waals surface area contributed by atoms with E-state index in [1.807, 2.05) is 60.7 Å². The van der Waals surface area contributed by atoms with Crippen LogP contribution >= 0.6 is 0 Å². The van der Waals surface area contributed by atoms with E-state index in [0.717, 1.165) is 11.1 Å². The molecule has 3 aromatic carbocycles. The summed E-state index contributed by atoms with van der Waals surface area (Å²) >= 11 is 0. The van der Waals surface area contributed by atoms with E-state index < -0.39 is 27.6 Å². The zero-order valence-corrected chi connectivity index (χ0v) is 20.8. The summed E-state index contributed by atoms with van der Waals surface area (Å²) in [5.74, 6) is -0.0501. The molecule has 0 unspecified atom stereocenters. The van der Waals surface area contributed by atoms with Crippen LogP contribution in [0.3, 0.4) is 0 Å². The van der Waals surface area contributed by atoms with Crippen molar-refractivity contribution < 1.29 is 22.7 Å². The van der Waals surface area contributed by atoms with Gasteiger partial charge in [-0.05, 0) is 62.6 Å². The molecular formula is C27H31NO5S. The molecule has 0 heterocycles. The number of carbonyl (C=O) groups excluding carboxylic acids is 1. The predicted molar refractivity (Wildman–Crippen MR) is 132 cm³/mol. The molecule has 34 heavy (non-hydrogen) atoms. The lowest BCUT2D eigenvalue weighted by molar-refractivity contribution is -0.159. The summed E-state index contributed by atoms with van der Waals surface area (Å²) < 4.78 is 39.9. The van der Waals surface area contributed by atoms with E-state index in [0.29, 0.717) is 5.75 Å². The summed E-state index contributed by atoms with van der Waals surface area (Å²) in [4.78, 5) is 13.5. The fourth-order valence-electron chi connectivity index (χ4n) is 3.52. The molecule has 0 saturated heterocycles. The molecule has 0 bridgehead atoms. The lowest BCUT2D eigenvalue weighted by atomic mass is 10.0. The Hall–Kier alpha value is -3.16. The monoisotopic (exact) mass is 481 g/mol. The van der Waals surface area contributed by atoms with Crippen LogP contribution in [0.5, 0.6) is 5.75 Å². The van der Waals surface area contributed by atoms with Crippen LogP contribution < -0.4 is 4.74 Å². The highest BCUT2D eigenvalue weighted by Crippen LogP contribution is 2.26. The van der Waals surface area contributed by atoms with Crippen molar-refractivity contribution in [1.29, 1.82) is 0 Å². The average Bonchev–Trinajstić information content (AvgIpc) is 2.81. The highest BCUT2D eigenvalue weighted by Gasteiger charge is 2.38. The lowest BCUT2D eigenvalue weighted by Crippen LogP contribution is -2.48. The molecule has 0 fully saturated rings. The minimum atomic E-state index is -4.07. The molecule has 0 aliphatic carbocycles. The van der Waals surface area contributed by atoms with Gasteiger partial charge in [-0.25, -0.2) is 8.42 Å². The van der Waals surface area contributed by atoms with Gasteiger partial charge in [0.1, 0.15) is 17.4 Å². The van der Waals surface area contributed by atoms with Gasteiger partial charge in [-0.15, -0.1) is 0 Å². The fraction of sp³-hybridized carbons (Fsp3) is 0.296. The maximum absolute atomic E-state index is 13.9. The normalized spacial score (nSPS) is 12.9. The van der Waals surface area contributed by atoms with E-state index in [1.54, 1.807) is 32.9 Å². The second-order valence-electron chi connectivity index (χ2n) is 8.95. The van der Waals surface area contributed by atoms with Crippen LogP contribution in [0.15, 0.2) is 89.8 Å². The van der Waals surface area contributed by atoms with Crippen LogP contribution in [0.25, 0.3) is 0 Å². The lowest BCUT2D eigenvalue weighted by Gasteiger charge is -2.32. The summed E-state index contributed by atoms with van der Waals surface area (Å²) in [5.41, 5.74) is 0.830. The number of methoxy groups -OCH3 is 1. The summed E-state index contributed by atoms with van der Waals surface area (Å²) in [6.45, 7) is 5.32. The van der Waals surface area contributed by atoms with Crippen molar-refractivity contribution in [3.63, 3.8) is 0 Å². The third-order valence-corrected chi connectivity index (χ3v) is 7.01. The van der Waals surface area contributed by atoms with E-state index in [-0.39, 0.29) is 17.9 Å². The second kappa shape index (κ2) is 10.8. The van der Waals surface area contributed by atoms with Crippen LogP contribution in [0.4, 0.5) is 0 Å². The van der Waals surface area contributed by atoms with Gasteiger partial charge in [0.2, 0.25) is 10.0 Å². The first-order chi connectivity index (χ1) is 16.1. The molecule has 0 aliphatic rings. The molecule has 0 saturated carbocycles. The van der Waals surface area contributed by atoms with Crippen molar-refractivity contribution >= 4 is 16.0 Å². The van der Waals surface area contributed by atoms with Crippen molar-refractivity contribution in [3.05, 3.63) is 96.1 Å². The highest BCUT2D eigenvalue weighted by atomic mass is 32.2. The van der Waals surface area contributed by atoms with Gasteiger partial charge in [0.25, 0.3) is 0 Å². The molecule has 0 radical (unpaired) electrons. The minimum Gasteiger partial charge on any atom is -0.497 e. The Morgan fingerprint density at radius 1 is 0.853 bits per heavy atom. The molecule has 0 spiro atoms. The maximum Gasteiger partial charge on any atom is 0.325 e. The Morgan fingerprint density at radius 2 is 1.38 bits per heavy atom. The smallest absolute Gasteiger partial charge is 0.325 e. The molecule has 0 aliphatic heterocycles. The van der Waals surface area contributed by atoms with Crippen molar-refractivity contribution in [2.75, 3.05) is 7.11 Å². The number of carbonyl (C=O) groups is 1. The third-order valence-electron chi connectivity index (χ3n) is 5.15. The molecule has 1 atom stereocenters. The molecule has 0 amide bonds. The summed E-state index contributed by atoms with van der Waals surface area (Å²) in [7, 11) is -2.55. The molecule has 6 nitrogen and oxygen atoms in total. The first-order valence-electron chi connectivity index (χ1n) is 11.1. The van der Waals surface area contributed by atoms with Gasteiger partial charge >= 0.3 is 5.97 Å².